The van der Waals surface area contributed by atoms with Gasteiger partial charge in [0.2, 0.25) is 0 Å². The smallest absolute Gasteiger partial charge is 0.192 e. The van der Waals surface area contributed by atoms with Gasteiger partial charge in [0.25, 0.3) is 0 Å². The van der Waals surface area contributed by atoms with Crippen molar-refractivity contribution in [2.24, 2.45) is 28.6 Å². The van der Waals surface area contributed by atoms with Crippen LogP contribution < -0.4 is 0 Å². The van der Waals surface area contributed by atoms with E-state index in [4.69, 9.17) is 4.43 Å². The lowest BCUT2D eigenvalue weighted by atomic mass is 9.48. The molecule has 2 nitrogen and oxygen atoms in total. The van der Waals surface area contributed by atoms with Crippen molar-refractivity contribution < 1.29 is 13.9 Å². The largest absolute Gasteiger partial charge is 0.414 e. The van der Waals surface area contributed by atoms with E-state index in [1.165, 1.54) is 19.3 Å². The maximum atomic E-state index is 14.5. The summed E-state index contributed by atoms with van der Waals surface area (Å²) in [7, 11) is -1.75. The second kappa shape index (κ2) is 7.80. The van der Waals surface area contributed by atoms with Gasteiger partial charge >= 0.3 is 0 Å². The van der Waals surface area contributed by atoms with E-state index in [0.717, 1.165) is 43.6 Å². The molecule has 4 heteroatoms. The number of rotatable bonds is 3. The van der Waals surface area contributed by atoms with E-state index in [1.807, 2.05) is 0 Å². The van der Waals surface area contributed by atoms with Gasteiger partial charge in [-0.3, -0.25) is 0 Å². The van der Waals surface area contributed by atoms with E-state index in [9.17, 15) is 9.50 Å². The fourth-order valence-electron chi connectivity index (χ4n) is 7.68. The van der Waals surface area contributed by atoms with Crippen LogP contribution in [0.1, 0.15) is 86.0 Å². The SMILES string of the molecule is CC(C)(C)[Si](C)(C)O[C@H]1CC[C@@]2(C)C(=CCC3C2CC[C@]2(C)C(=C(F)CO)CCC32)C1. The standard InChI is InChI=1S/C27H45FO2Si/c1-25(2,3)31(6,7)30-19-12-14-26(4)18(16-19)8-9-20-21-10-11-23(24(28)17-29)27(21,5)15-13-22(20)26/h8,19-22,29H,9-17H2,1-7H3/t19-,20?,21?,22?,26-,27-/m0/s1. The van der Waals surface area contributed by atoms with E-state index in [-0.39, 0.29) is 16.3 Å². The molecule has 4 aliphatic carbocycles. The highest BCUT2D eigenvalue weighted by Crippen LogP contribution is 2.66. The second-order valence-corrected chi connectivity index (χ2v) is 17.8. The first-order valence-corrected chi connectivity index (χ1v) is 15.6. The maximum absolute atomic E-state index is 14.5. The molecule has 0 radical (unpaired) electrons. The number of fused-ring (bicyclic) bond motifs is 5. The molecular formula is C27H45FO2Si. The molecule has 176 valence electrons. The molecule has 0 bridgehead atoms. The van der Waals surface area contributed by atoms with Crippen LogP contribution in [0.15, 0.2) is 23.0 Å². The van der Waals surface area contributed by atoms with Gasteiger partial charge in [0, 0.05) is 6.10 Å². The van der Waals surface area contributed by atoms with Gasteiger partial charge in [0.1, 0.15) is 5.83 Å². The third kappa shape index (κ3) is 3.73. The summed E-state index contributed by atoms with van der Waals surface area (Å²) in [6.45, 7) is 16.1. The zero-order valence-electron chi connectivity index (χ0n) is 21.0. The van der Waals surface area contributed by atoms with E-state index in [1.54, 1.807) is 5.57 Å². The summed E-state index contributed by atoms with van der Waals surface area (Å²) in [5, 5.41) is 9.69. The molecule has 0 aromatic heterocycles. The molecule has 0 aromatic carbocycles. The van der Waals surface area contributed by atoms with Crippen LogP contribution in [-0.4, -0.2) is 26.1 Å². The van der Waals surface area contributed by atoms with Crippen molar-refractivity contribution in [3.05, 3.63) is 23.0 Å². The summed E-state index contributed by atoms with van der Waals surface area (Å²) < 4.78 is 21.3. The molecule has 3 unspecified atom stereocenters. The Morgan fingerprint density at radius 1 is 1.13 bits per heavy atom. The molecule has 3 fully saturated rings. The summed E-state index contributed by atoms with van der Waals surface area (Å²) in [6, 6.07) is 0. The van der Waals surface area contributed by atoms with Gasteiger partial charge in [-0.05, 0) is 104 Å². The quantitative estimate of drug-likeness (QED) is 0.356. The molecule has 0 spiro atoms. The molecule has 0 amide bonds. The van der Waals surface area contributed by atoms with Crippen LogP contribution in [0.3, 0.4) is 0 Å². The number of aliphatic hydroxyl groups is 1. The Kier molecular flexibility index (Phi) is 5.97. The fourth-order valence-corrected chi connectivity index (χ4v) is 9.06. The van der Waals surface area contributed by atoms with Crippen molar-refractivity contribution >= 4 is 8.32 Å². The Morgan fingerprint density at radius 3 is 2.42 bits per heavy atom. The maximum Gasteiger partial charge on any atom is 0.192 e. The fraction of sp³-hybridized carbons (Fsp3) is 0.852. The van der Waals surface area contributed by atoms with E-state index in [0.29, 0.717) is 23.4 Å². The number of halogens is 1. The highest BCUT2D eigenvalue weighted by Gasteiger charge is 2.58. The topological polar surface area (TPSA) is 29.5 Å². The van der Waals surface area contributed by atoms with Crippen molar-refractivity contribution in [3.63, 3.8) is 0 Å². The van der Waals surface area contributed by atoms with Crippen LogP contribution in [0.5, 0.6) is 0 Å². The highest BCUT2D eigenvalue weighted by molar-refractivity contribution is 6.74. The van der Waals surface area contributed by atoms with E-state index >= 15 is 0 Å². The molecule has 31 heavy (non-hydrogen) atoms. The van der Waals surface area contributed by atoms with Gasteiger partial charge in [-0.2, -0.15) is 0 Å². The molecule has 1 N–H and O–H groups in total. The third-order valence-electron chi connectivity index (χ3n) is 10.6. The van der Waals surface area contributed by atoms with Crippen molar-refractivity contribution in [1.82, 2.24) is 0 Å². The zero-order valence-corrected chi connectivity index (χ0v) is 22.0. The van der Waals surface area contributed by atoms with Gasteiger partial charge in [-0.15, -0.1) is 0 Å². The summed E-state index contributed by atoms with van der Waals surface area (Å²) in [5.41, 5.74) is 2.84. The van der Waals surface area contributed by atoms with Crippen molar-refractivity contribution in [2.45, 2.75) is 110 Å². The Labute approximate surface area is 190 Å². The van der Waals surface area contributed by atoms with Crippen molar-refractivity contribution in [3.8, 4) is 0 Å². The molecule has 3 saturated carbocycles. The summed E-state index contributed by atoms with van der Waals surface area (Å²) in [6.07, 6.45) is 11.8. The lowest BCUT2D eigenvalue weighted by molar-refractivity contribution is -0.0261. The minimum atomic E-state index is -1.75. The molecular weight excluding hydrogens is 403 g/mol. The number of hydrogen-bond acceptors (Lipinski definition) is 2. The minimum Gasteiger partial charge on any atom is -0.414 e. The molecule has 0 aromatic rings. The number of aliphatic hydroxyl groups excluding tert-OH is 1. The Balaban J connectivity index is 1.55. The molecule has 0 heterocycles. The average molecular weight is 449 g/mol. The normalized spacial score (nSPS) is 42.4. The Morgan fingerprint density at radius 2 is 1.77 bits per heavy atom. The predicted molar refractivity (Wildman–Crippen MR) is 129 cm³/mol. The van der Waals surface area contributed by atoms with Crippen molar-refractivity contribution in [2.75, 3.05) is 6.61 Å². The first-order chi connectivity index (χ1) is 14.3. The molecule has 0 aliphatic heterocycles. The Hall–Kier alpha value is -0.453. The summed E-state index contributed by atoms with van der Waals surface area (Å²) in [4.78, 5) is 0. The first kappa shape index (κ1) is 23.7. The third-order valence-corrected chi connectivity index (χ3v) is 15.1. The van der Waals surface area contributed by atoms with Gasteiger partial charge in [-0.1, -0.05) is 46.3 Å². The van der Waals surface area contributed by atoms with Crippen LogP contribution >= 0.6 is 0 Å². The van der Waals surface area contributed by atoms with Crippen molar-refractivity contribution in [1.29, 1.82) is 0 Å². The molecule has 4 rings (SSSR count). The van der Waals surface area contributed by atoms with Gasteiger partial charge in [0.05, 0.1) is 6.61 Å². The van der Waals surface area contributed by atoms with Gasteiger partial charge in [-0.25, -0.2) is 4.39 Å². The van der Waals surface area contributed by atoms with Crippen LogP contribution in [0.2, 0.25) is 18.1 Å². The predicted octanol–water partition coefficient (Wildman–Crippen LogP) is 7.56. The monoisotopic (exact) mass is 448 g/mol. The van der Waals surface area contributed by atoms with Gasteiger partial charge < -0.3 is 9.53 Å². The lowest BCUT2D eigenvalue weighted by Crippen LogP contribution is -2.51. The van der Waals surface area contributed by atoms with Crippen LogP contribution in [0.25, 0.3) is 0 Å². The molecule has 6 atom stereocenters. The van der Waals surface area contributed by atoms with E-state index in [2.05, 4.69) is 53.8 Å². The number of hydrogen-bond donors (Lipinski definition) is 1. The van der Waals surface area contributed by atoms with Crippen LogP contribution in [0.4, 0.5) is 4.39 Å². The number of allylic oxidation sites excluding steroid dienone is 2. The lowest BCUT2D eigenvalue weighted by Gasteiger charge is -2.58. The summed E-state index contributed by atoms with van der Waals surface area (Å²) >= 11 is 0. The van der Waals surface area contributed by atoms with Crippen LogP contribution in [0, 0.1) is 28.6 Å². The Bertz CT molecular complexity index is 779. The average Bonchev–Trinajstić information content (AvgIpc) is 3.04. The minimum absolute atomic E-state index is 0.0433. The zero-order chi connectivity index (χ0) is 22.8. The van der Waals surface area contributed by atoms with Crippen LogP contribution in [-0.2, 0) is 4.43 Å². The highest BCUT2D eigenvalue weighted by atomic mass is 28.4. The second-order valence-electron chi connectivity index (χ2n) is 13.0. The molecule has 4 aliphatic rings. The summed E-state index contributed by atoms with van der Waals surface area (Å²) in [5.74, 6) is 1.70. The van der Waals surface area contributed by atoms with Gasteiger partial charge in [0.15, 0.2) is 8.32 Å². The van der Waals surface area contributed by atoms with E-state index < -0.39 is 14.9 Å². The molecule has 0 saturated heterocycles. The first-order valence-electron chi connectivity index (χ1n) is 12.7.